The number of anilines is 1. The van der Waals surface area contributed by atoms with Crippen molar-refractivity contribution in [1.29, 1.82) is 0 Å². The zero-order valence-electron chi connectivity index (χ0n) is 9.30. The van der Waals surface area contributed by atoms with Crippen LogP contribution in [0.4, 0.5) is 5.69 Å². The van der Waals surface area contributed by atoms with Crippen molar-refractivity contribution < 1.29 is 19.8 Å². The number of hydrogen-bond acceptors (Lipinski definition) is 4. The van der Waals surface area contributed by atoms with Crippen LogP contribution < -0.4 is 11.1 Å². The minimum Gasteiger partial charge on any atom is -0.507 e. The Hall–Kier alpha value is -2.08. The molecule has 1 amide bonds. The zero-order chi connectivity index (χ0) is 13.0. The molecule has 17 heavy (non-hydrogen) atoms. The van der Waals surface area contributed by atoms with Crippen LogP contribution in [0.3, 0.4) is 0 Å². The van der Waals surface area contributed by atoms with E-state index >= 15 is 0 Å². The summed E-state index contributed by atoms with van der Waals surface area (Å²) >= 11 is 0. The van der Waals surface area contributed by atoms with Gasteiger partial charge in [0.1, 0.15) is 11.3 Å². The maximum Gasteiger partial charge on any atom is 0.339 e. The van der Waals surface area contributed by atoms with Gasteiger partial charge in [0.25, 0.3) is 0 Å². The lowest BCUT2D eigenvalue weighted by atomic mass is 10.1. The number of nitrogens with one attached hydrogen (secondary N) is 1. The summed E-state index contributed by atoms with van der Waals surface area (Å²) in [5, 5.41) is 20.6. The predicted octanol–water partition coefficient (Wildman–Crippen LogP) is 0.766. The molecule has 0 aliphatic carbocycles. The summed E-state index contributed by atoms with van der Waals surface area (Å²) in [7, 11) is 0. The smallest absolute Gasteiger partial charge is 0.339 e. The lowest BCUT2D eigenvalue weighted by Crippen LogP contribution is -2.34. The molecule has 0 spiro atoms. The van der Waals surface area contributed by atoms with Gasteiger partial charge in [0.15, 0.2) is 0 Å². The van der Waals surface area contributed by atoms with E-state index in [2.05, 4.69) is 5.32 Å². The van der Waals surface area contributed by atoms with E-state index in [1.165, 1.54) is 18.2 Å². The van der Waals surface area contributed by atoms with Crippen LogP contribution in [0, 0.1) is 0 Å². The van der Waals surface area contributed by atoms with Crippen LogP contribution in [0.15, 0.2) is 18.2 Å². The summed E-state index contributed by atoms with van der Waals surface area (Å²) in [6, 6.07) is 3.15. The molecule has 5 N–H and O–H groups in total. The molecule has 1 rings (SSSR count). The Morgan fingerprint density at radius 1 is 1.47 bits per heavy atom. The molecule has 0 aliphatic heterocycles. The van der Waals surface area contributed by atoms with E-state index < -0.39 is 17.8 Å². The third-order valence-electron chi connectivity index (χ3n) is 2.27. The second kappa shape index (κ2) is 5.31. The highest BCUT2D eigenvalue weighted by atomic mass is 16.4. The van der Waals surface area contributed by atoms with Crippen LogP contribution in [0.1, 0.15) is 23.7 Å². The summed E-state index contributed by atoms with van der Waals surface area (Å²) in [6.45, 7) is 1.77. The lowest BCUT2D eigenvalue weighted by Gasteiger charge is -2.10. The Bertz CT molecular complexity index is 445. The summed E-state index contributed by atoms with van der Waals surface area (Å²) in [5.41, 5.74) is 5.60. The molecule has 0 unspecified atom stereocenters. The van der Waals surface area contributed by atoms with Crippen LogP contribution >= 0.6 is 0 Å². The molecule has 1 atom stereocenters. The quantitative estimate of drug-likeness (QED) is 0.618. The molecule has 6 heteroatoms. The van der Waals surface area contributed by atoms with Crippen LogP contribution in [0.2, 0.25) is 0 Å². The third kappa shape index (κ3) is 3.18. The number of phenols is 1. The van der Waals surface area contributed by atoms with Crippen molar-refractivity contribution in [3.8, 4) is 5.75 Å². The number of carbonyl (C=O) groups is 2. The van der Waals surface area contributed by atoms with Gasteiger partial charge < -0.3 is 21.3 Å². The first-order valence-corrected chi connectivity index (χ1v) is 5.08. The highest BCUT2D eigenvalue weighted by Crippen LogP contribution is 2.21. The molecular formula is C11H14N2O4. The van der Waals surface area contributed by atoms with E-state index in [9.17, 15) is 14.7 Å². The van der Waals surface area contributed by atoms with Gasteiger partial charge in [-0.1, -0.05) is 6.92 Å². The Kier molecular flexibility index (Phi) is 4.06. The van der Waals surface area contributed by atoms with E-state index in [1.807, 2.05) is 0 Å². The van der Waals surface area contributed by atoms with Gasteiger partial charge in [-0.25, -0.2) is 4.79 Å². The van der Waals surface area contributed by atoms with Crippen molar-refractivity contribution in [2.24, 2.45) is 5.73 Å². The van der Waals surface area contributed by atoms with Gasteiger partial charge in [-0.2, -0.15) is 0 Å². The van der Waals surface area contributed by atoms with E-state index in [0.717, 1.165) is 0 Å². The Morgan fingerprint density at radius 2 is 2.12 bits per heavy atom. The monoisotopic (exact) mass is 238 g/mol. The van der Waals surface area contributed by atoms with E-state index in [1.54, 1.807) is 6.92 Å². The number of carboxylic acids is 1. The van der Waals surface area contributed by atoms with E-state index in [4.69, 9.17) is 10.8 Å². The fourth-order valence-corrected chi connectivity index (χ4v) is 1.21. The molecular weight excluding hydrogens is 224 g/mol. The van der Waals surface area contributed by atoms with Crippen LogP contribution in [-0.4, -0.2) is 28.1 Å². The first kappa shape index (κ1) is 13.0. The van der Waals surface area contributed by atoms with Gasteiger partial charge in [0.2, 0.25) is 5.91 Å². The number of aromatic hydroxyl groups is 1. The molecule has 1 aromatic carbocycles. The number of nitrogens with two attached hydrogens (primary N) is 1. The van der Waals surface area contributed by atoms with Crippen molar-refractivity contribution in [3.05, 3.63) is 23.8 Å². The predicted molar refractivity (Wildman–Crippen MR) is 62.0 cm³/mol. The van der Waals surface area contributed by atoms with Crippen LogP contribution in [0.5, 0.6) is 5.75 Å². The maximum atomic E-state index is 11.4. The fraction of sp³-hybridized carbons (Fsp3) is 0.273. The third-order valence-corrected chi connectivity index (χ3v) is 2.27. The van der Waals surface area contributed by atoms with Gasteiger partial charge in [-0.3, -0.25) is 4.79 Å². The van der Waals surface area contributed by atoms with Gasteiger partial charge in [-0.05, 0) is 18.6 Å². The number of carboxylic acid groups (broad SMARTS) is 1. The van der Waals surface area contributed by atoms with Crippen molar-refractivity contribution in [2.75, 3.05) is 5.32 Å². The number of carbonyl (C=O) groups excluding carboxylic acids is 1. The minimum absolute atomic E-state index is 0.220. The molecule has 0 radical (unpaired) electrons. The summed E-state index contributed by atoms with van der Waals surface area (Å²) in [6.07, 6.45) is 0.491. The van der Waals surface area contributed by atoms with Crippen LogP contribution in [0.25, 0.3) is 0 Å². The van der Waals surface area contributed by atoms with E-state index in [0.29, 0.717) is 12.1 Å². The van der Waals surface area contributed by atoms with Crippen molar-refractivity contribution >= 4 is 17.6 Å². The number of hydrogen-bond donors (Lipinski definition) is 4. The maximum absolute atomic E-state index is 11.4. The molecule has 1 aromatic rings. The van der Waals surface area contributed by atoms with Crippen molar-refractivity contribution in [1.82, 2.24) is 0 Å². The molecule has 0 bridgehead atoms. The second-order valence-corrected chi connectivity index (χ2v) is 3.54. The molecule has 6 nitrogen and oxygen atoms in total. The van der Waals surface area contributed by atoms with Crippen molar-refractivity contribution in [3.63, 3.8) is 0 Å². The Morgan fingerprint density at radius 3 is 2.59 bits per heavy atom. The normalized spacial score (nSPS) is 11.9. The molecule has 0 fully saturated rings. The molecule has 0 saturated carbocycles. The zero-order valence-corrected chi connectivity index (χ0v) is 9.30. The minimum atomic E-state index is -1.23. The average molecular weight is 238 g/mol. The highest BCUT2D eigenvalue weighted by molar-refractivity contribution is 5.96. The van der Waals surface area contributed by atoms with E-state index in [-0.39, 0.29) is 11.5 Å². The van der Waals surface area contributed by atoms with Crippen molar-refractivity contribution in [2.45, 2.75) is 19.4 Å². The number of amides is 1. The average Bonchev–Trinajstić information content (AvgIpc) is 2.27. The second-order valence-electron chi connectivity index (χ2n) is 3.54. The molecule has 92 valence electrons. The summed E-state index contributed by atoms with van der Waals surface area (Å²) < 4.78 is 0. The SMILES string of the molecule is CC[C@H](N)C(=O)Nc1ccc(C(=O)O)c(O)c1. The summed E-state index contributed by atoms with van der Waals surface area (Å²) in [5.74, 6) is -2.01. The number of aromatic carboxylic acids is 1. The lowest BCUT2D eigenvalue weighted by molar-refractivity contribution is -0.117. The number of rotatable bonds is 4. The van der Waals surface area contributed by atoms with Gasteiger partial charge >= 0.3 is 5.97 Å². The van der Waals surface area contributed by atoms with Gasteiger partial charge in [0, 0.05) is 11.8 Å². The highest BCUT2D eigenvalue weighted by Gasteiger charge is 2.13. The molecule has 0 heterocycles. The first-order chi connectivity index (χ1) is 7.95. The largest absolute Gasteiger partial charge is 0.507 e. The summed E-state index contributed by atoms with van der Waals surface area (Å²) in [4.78, 5) is 22.1. The number of benzene rings is 1. The first-order valence-electron chi connectivity index (χ1n) is 5.08. The van der Waals surface area contributed by atoms with Gasteiger partial charge in [0.05, 0.1) is 6.04 Å². The topological polar surface area (TPSA) is 113 Å². The fourth-order valence-electron chi connectivity index (χ4n) is 1.21. The Balaban J connectivity index is 2.84. The molecule has 0 saturated heterocycles. The molecule has 0 aromatic heterocycles. The standard InChI is InChI=1S/C11H14N2O4/c1-2-8(12)10(15)13-6-3-4-7(11(16)17)9(14)5-6/h3-5,8,14H,2,12H2,1H3,(H,13,15)(H,16,17)/t8-/m0/s1. The Labute approximate surface area is 98.1 Å². The molecule has 0 aliphatic rings. The van der Waals surface area contributed by atoms with Gasteiger partial charge in [-0.15, -0.1) is 0 Å². The van der Waals surface area contributed by atoms with Crippen LogP contribution in [-0.2, 0) is 4.79 Å².